The molecule has 2 N–H and O–H groups in total. The molecule has 1 fully saturated rings. The molecule has 0 saturated carbocycles. The van der Waals surface area contributed by atoms with Crippen LogP contribution in [0.2, 0.25) is 0 Å². The first-order valence-corrected chi connectivity index (χ1v) is 10.2. The summed E-state index contributed by atoms with van der Waals surface area (Å²) in [5.41, 5.74) is 0. The maximum absolute atomic E-state index is 12.1. The summed E-state index contributed by atoms with van der Waals surface area (Å²) in [6.07, 6.45) is 2.66. The Kier molecular flexibility index (Phi) is 8.62. The van der Waals surface area contributed by atoms with Crippen LogP contribution in [0.15, 0.2) is 0 Å². The van der Waals surface area contributed by atoms with Gasteiger partial charge in [-0.15, -0.1) is 0 Å². The molecule has 124 valence electrons. The van der Waals surface area contributed by atoms with Gasteiger partial charge in [-0.1, -0.05) is 6.92 Å². The molecule has 0 bridgehead atoms. The zero-order valence-electron chi connectivity index (χ0n) is 12.6. The molecule has 1 heterocycles. The highest BCUT2D eigenvalue weighted by atomic mass is 32.2. The molecule has 0 spiro atoms. The van der Waals surface area contributed by atoms with Gasteiger partial charge in [0.2, 0.25) is 15.9 Å². The summed E-state index contributed by atoms with van der Waals surface area (Å²) in [6.45, 7) is 3.00. The van der Waals surface area contributed by atoms with Gasteiger partial charge >= 0.3 is 0 Å². The summed E-state index contributed by atoms with van der Waals surface area (Å²) in [5, 5.41) is 11.5. The third-order valence-electron chi connectivity index (χ3n) is 3.32. The smallest absolute Gasteiger partial charge is 0.238 e. The summed E-state index contributed by atoms with van der Waals surface area (Å²) in [7, 11) is -3.31. The Morgan fingerprint density at radius 1 is 1.43 bits per heavy atom. The van der Waals surface area contributed by atoms with Gasteiger partial charge in [-0.05, 0) is 31.4 Å². The number of nitrogens with zero attached hydrogens (tertiary/aromatic N) is 1. The predicted octanol–water partition coefficient (Wildman–Crippen LogP) is 0.422. The molecule has 0 aromatic heterocycles. The van der Waals surface area contributed by atoms with Crippen LogP contribution >= 0.6 is 11.8 Å². The fraction of sp³-hybridized carbons (Fsp3) is 0.923. The van der Waals surface area contributed by atoms with E-state index in [1.807, 2.05) is 6.92 Å². The molecule has 6 nitrogen and oxygen atoms in total. The molecular weight excluding hydrogens is 312 g/mol. The Hall–Kier alpha value is -0.310. The van der Waals surface area contributed by atoms with Gasteiger partial charge < -0.3 is 10.4 Å². The number of nitrogens with one attached hydrogen (secondary N) is 1. The van der Waals surface area contributed by atoms with Crippen LogP contribution in [0.25, 0.3) is 0 Å². The zero-order chi connectivity index (χ0) is 15.7. The molecule has 0 aromatic rings. The average molecular weight is 338 g/mol. The van der Waals surface area contributed by atoms with Crippen molar-refractivity contribution in [1.29, 1.82) is 0 Å². The van der Waals surface area contributed by atoms with Crippen molar-refractivity contribution in [2.24, 2.45) is 0 Å². The Morgan fingerprint density at radius 3 is 2.86 bits per heavy atom. The molecule has 1 atom stereocenters. The van der Waals surface area contributed by atoms with E-state index in [1.54, 1.807) is 11.8 Å². The lowest BCUT2D eigenvalue weighted by Gasteiger charge is -2.23. The van der Waals surface area contributed by atoms with Gasteiger partial charge in [0.1, 0.15) is 6.04 Å². The SMILES string of the molecule is CCCS(=O)(=O)N1CCCC1C(=O)NCCSCCCO. The minimum Gasteiger partial charge on any atom is -0.396 e. The van der Waals surface area contributed by atoms with Crippen molar-refractivity contribution in [2.75, 3.05) is 37.0 Å². The molecule has 21 heavy (non-hydrogen) atoms. The van der Waals surface area contributed by atoms with Crippen molar-refractivity contribution in [1.82, 2.24) is 9.62 Å². The predicted molar refractivity (Wildman–Crippen MR) is 85.8 cm³/mol. The minimum atomic E-state index is -3.31. The number of hydrogen-bond donors (Lipinski definition) is 2. The zero-order valence-corrected chi connectivity index (χ0v) is 14.2. The van der Waals surface area contributed by atoms with E-state index in [0.717, 1.165) is 24.3 Å². The van der Waals surface area contributed by atoms with E-state index in [-0.39, 0.29) is 18.3 Å². The normalized spacial score (nSPS) is 19.8. The third-order valence-corrected chi connectivity index (χ3v) is 6.46. The number of carbonyl (C=O) groups excluding carboxylic acids is 1. The number of hydrogen-bond acceptors (Lipinski definition) is 5. The van der Waals surface area contributed by atoms with Crippen LogP contribution in [0, 0.1) is 0 Å². The topological polar surface area (TPSA) is 86.7 Å². The van der Waals surface area contributed by atoms with E-state index >= 15 is 0 Å². The summed E-state index contributed by atoms with van der Waals surface area (Å²) in [6, 6.07) is -0.538. The highest BCUT2D eigenvalue weighted by molar-refractivity contribution is 7.99. The largest absolute Gasteiger partial charge is 0.396 e. The Labute approximate surface area is 131 Å². The molecule has 8 heteroatoms. The molecule has 1 amide bonds. The first-order valence-electron chi connectivity index (χ1n) is 7.48. The lowest BCUT2D eigenvalue weighted by Crippen LogP contribution is -2.47. The van der Waals surface area contributed by atoms with Crippen LogP contribution in [0.1, 0.15) is 32.6 Å². The fourth-order valence-corrected chi connectivity index (χ4v) is 4.87. The van der Waals surface area contributed by atoms with E-state index in [1.165, 1.54) is 4.31 Å². The maximum Gasteiger partial charge on any atom is 0.238 e. The van der Waals surface area contributed by atoms with Gasteiger partial charge in [0.05, 0.1) is 5.75 Å². The average Bonchev–Trinajstić information content (AvgIpc) is 2.92. The van der Waals surface area contributed by atoms with Gasteiger partial charge in [-0.25, -0.2) is 8.42 Å². The number of thioether (sulfide) groups is 1. The first-order chi connectivity index (χ1) is 10.0. The number of amides is 1. The minimum absolute atomic E-state index is 0.105. The number of rotatable bonds is 10. The second kappa shape index (κ2) is 9.66. The van der Waals surface area contributed by atoms with Gasteiger partial charge in [-0.2, -0.15) is 16.1 Å². The monoisotopic (exact) mass is 338 g/mol. The lowest BCUT2D eigenvalue weighted by molar-refractivity contribution is -0.124. The van der Waals surface area contributed by atoms with Crippen molar-refractivity contribution in [3.8, 4) is 0 Å². The Bertz CT molecular complexity index is 414. The van der Waals surface area contributed by atoms with Gasteiger partial charge in [0, 0.05) is 25.4 Å². The number of aliphatic hydroxyl groups is 1. The standard InChI is InChI=1S/C13H26N2O4S2/c1-2-11-21(18,19)15-7-3-5-12(15)13(17)14-6-10-20-9-4-8-16/h12,16H,2-11H2,1H3,(H,14,17). The number of carbonyl (C=O) groups is 1. The molecule has 0 aromatic carbocycles. The van der Waals surface area contributed by atoms with Crippen LogP contribution in [0.3, 0.4) is 0 Å². The quantitative estimate of drug-likeness (QED) is 0.564. The van der Waals surface area contributed by atoms with Gasteiger partial charge in [-0.3, -0.25) is 4.79 Å². The van der Waals surface area contributed by atoms with E-state index in [4.69, 9.17) is 5.11 Å². The van der Waals surface area contributed by atoms with Gasteiger partial charge in [0.25, 0.3) is 0 Å². The summed E-state index contributed by atoms with van der Waals surface area (Å²) < 4.78 is 25.6. The van der Waals surface area contributed by atoms with E-state index in [2.05, 4.69) is 5.32 Å². The fourth-order valence-electron chi connectivity index (χ4n) is 2.34. The van der Waals surface area contributed by atoms with Crippen LogP contribution in [-0.2, 0) is 14.8 Å². The van der Waals surface area contributed by atoms with Crippen LogP contribution in [0.5, 0.6) is 0 Å². The van der Waals surface area contributed by atoms with Crippen LogP contribution in [-0.4, -0.2) is 66.7 Å². The summed E-state index contributed by atoms with van der Waals surface area (Å²) >= 11 is 1.67. The Balaban J connectivity index is 2.39. The van der Waals surface area contributed by atoms with Crippen molar-refractivity contribution >= 4 is 27.7 Å². The molecule has 1 saturated heterocycles. The van der Waals surface area contributed by atoms with E-state index in [9.17, 15) is 13.2 Å². The second-order valence-corrected chi connectivity index (χ2v) is 8.33. The van der Waals surface area contributed by atoms with E-state index in [0.29, 0.717) is 25.9 Å². The Morgan fingerprint density at radius 2 is 2.19 bits per heavy atom. The van der Waals surface area contributed by atoms with Crippen LogP contribution < -0.4 is 5.32 Å². The highest BCUT2D eigenvalue weighted by Gasteiger charge is 2.37. The van der Waals surface area contributed by atoms with Crippen LogP contribution in [0.4, 0.5) is 0 Å². The third kappa shape index (κ3) is 6.14. The maximum atomic E-state index is 12.1. The summed E-state index contributed by atoms with van der Waals surface area (Å²) in [4.78, 5) is 12.1. The lowest BCUT2D eigenvalue weighted by atomic mass is 10.2. The molecule has 1 rings (SSSR count). The van der Waals surface area contributed by atoms with Crippen molar-refractivity contribution in [3.63, 3.8) is 0 Å². The van der Waals surface area contributed by atoms with Crippen molar-refractivity contribution in [2.45, 2.75) is 38.6 Å². The van der Waals surface area contributed by atoms with Gasteiger partial charge in [0.15, 0.2) is 0 Å². The van der Waals surface area contributed by atoms with Crippen molar-refractivity contribution in [3.05, 3.63) is 0 Å². The highest BCUT2D eigenvalue weighted by Crippen LogP contribution is 2.22. The number of aliphatic hydroxyl groups excluding tert-OH is 1. The van der Waals surface area contributed by atoms with E-state index < -0.39 is 16.1 Å². The molecule has 1 aliphatic heterocycles. The molecule has 1 aliphatic rings. The first kappa shape index (κ1) is 18.7. The molecule has 0 radical (unpaired) electrons. The summed E-state index contributed by atoms with van der Waals surface area (Å²) in [5.74, 6) is 1.57. The second-order valence-electron chi connectivity index (χ2n) is 5.07. The molecule has 1 unspecified atom stereocenters. The number of sulfonamides is 1. The van der Waals surface area contributed by atoms with Crippen molar-refractivity contribution < 1.29 is 18.3 Å². The molecular formula is C13H26N2O4S2. The molecule has 0 aliphatic carbocycles.